The molecule has 3 N–H and O–H groups in total. The number of hydrogen-bond acceptors (Lipinski definition) is 5. The highest BCUT2D eigenvalue weighted by molar-refractivity contribution is 5.81. The highest BCUT2D eigenvalue weighted by Crippen LogP contribution is 2.21. The molecule has 0 aliphatic heterocycles. The third kappa shape index (κ3) is 2.18. The minimum absolute atomic E-state index is 0.128. The van der Waals surface area contributed by atoms with Gasteiger partial charge in [-0.25, -0.2) is 0 Å². The number of H-pyrrole nitrogens is 1. The normalized spacial score (nSPS) is 10.7. The Labute approximate surface area is 114 Å². The smallest absolute Gasteiger partial charge is 0.302 e. The molecule has 0 fully saturated rings. The summed E-state index contributed by atoms with van der Waals surface area (Å²) in [5.41, 5.74) is 7.12. The van der Waals surface area contributed by atoms with Crippen molar-refractivity contribution in [3.8, 4) is 11.8 Å². The minimum Gasteiger partial charge on any atom is -0.424 e. The third-order valence-electron chi connectivity index (χ3n) is 2.87. The highest BCUT2D eigenvalue weighted by atomic mass is 16.5. The van der Waals surface area contributed by atoms with Crippen LogP contribution in [-0.2, 0) is 0 Å². The quantitative estimate of drug-likeness (QED) is 0.693. The fraction of sp³-hybridized carbons (Fsp3) is 0.0714. The van der Waals surface area contributed by atoms with Crippen molar-refractivity contribution in [3.63, 3.8) is 0 Å². The van der Waals surface area contributed by atoms with Crippen LogP contribution in [0.2, 0.25) is 0 Å². The molecule has 0 aliphatic rings. The zero-order valence-electron chi connectivity index (χ0n) is 10.8. The first kappa shape index (κ1) is 12.2. The van der Waals surface area contributed by atoms with Gasteiger partial charge in [0, 0.05) is 11.9 Å². The molecule has 6 nitrogen and oxygen atoms in total. The maximum absolute atomic E-state index is 12.0. The molecule has 0 spiro atoms. The molecule has 6 heteroatoms. The Kier molecular flexibility index (Phi) is 2.83. The number of hydrogen-bond donors (Lipinski definition) is 2. The molecule has 0 bridgehead atoms. The number of nitrogens with two attached hydrogens (primary N) is 1. The molecule has 100 valence electrons. The molecular weight excluding hydrogens is 256 g/mol. The van der Waals surface area contributed by atoms with E-state index in [2.05, 4.69) is 15.0 Å². The average molecular weight is 268 g/mol. The topological polar surface area (TPSA) is 93.9 Å². The predicted molar refractivity (Wildman–Crippen MR) is 75.8 cm³/mol. The highest BCUT2D eigenvalue weighted by Gasteiger charge is 2.07. The van der Waals surface area contributed by atoms with Crippen molar-refractivity contribution in [1.29, 1.82) is 0 Å². The van der Waals surface area contributed by atoms with E-state index >= 15 is 0 Å². The molecule has 1 aromatic carbocycles. The number of aryl methyl sites for hydroxylation is 1. The number of nitrogens with one attached hydrogen (secondary N) is 1. The van der Waals surface area contributed by atoms with Gasteiger partial charge in [-0.3, -0.25) is 14.8 Å². The van der Waals surface area contributed by atoms with E-state index in [-0.39, 0.29) is 11.6 Å². The van der Waals surface area contributed by atoms with Gasteiger partial charge in [0.05, 0.1) is 16.6 Å². The van der Waals surface area contributed by atoms with Gasteiger partial charge in [0.25, 0.3) is 5.56 Å². The maximum atomic E-state index is 12.0. The Morgan fingerprint density at radius 3 is 2.95 bits per heavy atom. The molecule has 0 aliphatic carbocycles. The van der Waals surface area contributed by atoms with Gasteiger partial charge in [0.2, 0.25) is 0 Å². The van der Waals surface area contributed by atoms with Crippen LogP contribution in [-0.4, -0.2) is 15.0 Å². The van der Waals surface area contributed by atoms with Gasteiger partial charge in [0.1, 0.15) is 0 Å². The number of fused-ring (bicyclic) bond motifs is 1. The van der Waals surface area contributed by atoms with E-state index in [1.54, 1.807) is 36.5 Å². The number of benzene rings is 1. The van der Waals surface area contributed by atoms with Gasteiger partial charge < -0.3 is 10.5 Å². The fourth-order valence-corrected chi connectivity index (χ4v) is 1.86. The van der Waals surface area contributed by atoms with E-state index in [9.17, 15) is 4.79 Å². The van der Waals surface area contributed by atoms with E-state index in [1.165, 1.54) is 0 Å². The van der Waals surface area contributed by atoms with E-state index in [0.29, 0.717) is 28.0 Å². The van der Waals surface area contributed by atoms with Gasteiger partial charge in [-0.1, -0.05) is 0 Å². The molecule has 2 aromatic heterocycles. The second-order valence-electron chi connectivity index (χ2n) is 4.34. The van der Waals surface area contributed by atoms with Crippen LogP contribution in [0.15, 0.2) is 41.3 Å². The number of nitrogen functional groups attached to an aromatic ring is 1. The van der Waals surface area contributed by atoms with Gasteiger partial charge >= 0.3 is 6.01 Å². The number of aromatic amines is 1. The number of anilines is 1. The van der Waals surface area contributed by atoms with Crippen LogP contribution in [0.5, 0.6) is 11.8 Å². The van der Waals surface area contributed by atoms with E-state index in [4.69, 9.17) is 10.5 Å². The Hall–Kier alpha value is -2.89. The third-order valence-corrected chi connectivity index (χ3v) is 2.87. The summed E-state index contributed by atoms with van der Waals surface area (Å²) in [7, 11) is 0. The standard InChI is InChI=1S/C14H12N4O2/c1-8-12(3-2-6-16-8)20-14-17-11-5-4-9(15)7-10(11)13(19)18-14/h2-7H,15H2,1H3,(H,17,18,19). The summed E-state index contributed by atoms with van der Waals surface area (Å²) in [6.07, 6.45) is 1.67. The van der Waals surface area contributed by atoms with Crippen LogP contribution in [0.1, 0.15) is 5.69 Å². The second kappa shape index (κ2) is 4.65. The summed E-state index contributed by atoms with van der Waals surface area (Å²) in [6.45, 7) is 1.81. The Morgan fingerprint density at radius 1 is 1.30 bits per heavy atom. The summed E-state index contributed by atoms with van der Waals surface area (Å²) in [4.78, 5) is 22.9. The van der Waals surface area contributed by atoms with Crippen molar-refractivity contribution < 1.29 is 4.74 Å². The molecule has 0 unspecified atom stereocenters. The van der Waals surface area contributed by atoms with Crippen molar-refractivity contribution >= 4 is 16.6 Å². The van der Waals surface area contributed by atoms with Crippen molar-refractivity contribution in [3.05, 3.63) is 52.6 Å². The molecule has 20 heavy (non-hydrogen) atoms. The predicted octanol–water partition coefficient (Wildman–Crippen LogP) is 2.00. The number of pyridine rings is 1. The molecule has 0 atom stereocenters. The zero-order chi connectivity index (χ0) is 14.1. The van der Waals surface area contributed by atoms with E-state index < -0.39 is 0 Å². The van der Waals surface area contributed by atoms with Crippen LogP contribution >= 0.6 is 0 Å². The Morgan fingerprint density at radius 2 is 2.15 bits per heavy atom. The monoisotopic (exact) mass is 268 g/mol. The summed E-state index contributed by atoms with van der Waals surface area (Å²) < 4.78 is 5.57. The first-order valence-electron chi connectivity index (χ1n) is 6.02. The van der Waals surface area contributed by atoms with Crippen LogP contribution in [0.3, 0.4) is 0 Å². The molecule has 0 amide bonds. The molecule has 3 aromatic rings. The molecule has 3 rings (SSSR count). The number of rotatable bonds is 2. The van der Waals surface area contributed by atoms with Gasteiger partial charge in [-0.15, -0.1) is 0 Å². The van der Waals surface area contributed by atoms with E-state index in [1.807, 2.05) is 6.92 Å². The lowest BCUT2D eigenvalue weighted by Crippen LogP contribution is -2.10. The molecule has 0 saturated heterocycles. The number of ether oxygens (including phenoxy) is 1. The first-order valence-corrected chi connectivity index (χ1v) is 6.02. The summed E-state index contributed by atoms with van der Waals surface area (Å²) >= 11 is 0. The number of nitrogens with zero attached hydrogens (tertiary/aromatic N) is 2. The maximum Gasteiger partial charge on any atom is 0.302 e. The SMILES string of the molecule is Cc1ncccc1Oc1nc2ccc(N)cc2c(=O)[nH]1. The van der Waals surface area contributed by atoms with Crippen LogP contribution < -0.4 is 16.0 Å². The van der Waals surface area contributed by atoms with Crippen LogP contribution in [0.25, 0.3) is 10.9 Å². The lowest BCUT2D eigenvalue weighted by Gasteiger charge is -2.07. The minimum atomic E-state index is -0.293. The Bertz CT molecular complexity index is 842. The second-order valence-corrected chi connectivity index (χ2v) is 4.34. The van der Waals surface area contributed by atoms with Crippen molar-refractivity contribution in [2.24, 2.45) is 0 Å². The van der Waals surface area contributed by atoms with Gasteiger partial charge in [0.15, 0.2) is 5.75 Å². The number of aromatic nitrogens is 3. The fourth-order valence-electron chi connectivity index (χ4n) is 1.86. The molecular formula is C14H12N4O2. The van der Waals surface area contributed by atoms with Gasteiger partial charge in [-0.05, 0) is 37.3 Å². The lowest BCUT2D eigenvalue weighted by molar-refractivity contribution is 0.437. The summed E-state index contributed by atoms with van der Waals surface area (Å²) in [5.74, 6) is 0.547. The Balaban J connectivity index is 2.08. The summed E-state index contributed by atoms with van der Waals surface area (Å²) in [6, 6.07) is 8.60. The first-order chi connectivity index (χ1) is 9.63. The van der Waals surface area contributed by atoms with Crippen LogP contribution in [0, 0.1) is 6.92 Å². The zero-order valence-corrected chi connectivity index (χ0v) is 10.8. The lowest BCUT2D eigenvalue weighted by atomic mass is 10.2. The van der Waals surface area contributed by atoms with E-state index in [0.717, 1.165) is 0 Å². The average Bonchev–Trinajstić information content (AvgIpc) is 2.42. The van der Waals surface area contributed by atoms with Crippen molar-refractivity contribution in [2.45, 2.75) is 6.92 Å². The van der Waals surface area contributed by atoms with Crippen LogP contribution in [0.4, 0.5) is 5.69 Å². The molecule has 0 saturated carbocycles. The largest absolute Gasteiger partial charge is 0.424 e. The van der Waals surface area contributed by atoms with Crippen molar-refractivity contribution in [2.75, 3.05) is 5.73 Å². The summed E-state index contributed by atoms with van der Waals surface area (Å²) in [5, 5.41) is 0.431. The van der Waals surface area contributed by atoms with Gasteiger partial charge in [-0.2, -0.15) is 4.98 Å². The van der Waals surface area contributed by atoms with Crippen molar-refractivity contribution in [1.82, 2.24) is 15.0 Å². The molecule has 2 heterocycles. The molecule has 0 radical (unpaired) electrons.